The van der Waals surface area contributed by atoms with E-state index in [4.69, 9.17) is 0 Å². The number of benzene rings is 2. The van der Waals surface area contributed by atoms with Crippen molar-refractivity contribution >= 4 is 28.8 Å². The van der Waals surface area contributed by atoms with Crippen LogP contribution in [-0.2, 0) is 16.0 Å². The lowest BCUT2D eigenvalue weighted by atomic mass is 10.0. The first-order valence-electron chi connectivity index (χ1n) is 12.4. The van der Waals surface area contributed by atoms with Gasteiger partial charge in [0.05, 0.1) is 16.9 Å². The van der Waals surface area contributed by atoms with Crippen LogP contribution in [0.2, 0.25) is 0 Å². The summed E-state index contributed by atoms with van der Waals surface area (Å²) in [6.07, 6.45) is 4.74. The molecule has 0 radical (unpaired) electrons. The number of amides is 2. The summed E-state index contributed by atoms with van der Waals surface area (Å²) in [6, 6.07) is 18.4. The van der Waals surface area contributed by atoms with Crippen LogP contribution >= 0.6 is 0 Å². The summed E-state index contributed by atoms with van der Waals surface area (Å²) in [7, 11) is 0. The fourth-order valence-electron chi connectivity index (χ4n) is 4.85. The van der Waals surface area contributed by atoms with Crippen LogP contribution in [0.4, 0.5) is 5.69 Å². The topological polar surface area (TPSA) is 79.1 Å². The van der Waals surface area contributed by atoms with Crippen LogP contribution in [0.15, 0.2) is 77.9 Å². The number of H-pyrrole nitrogens is 1. The van der Waals surface area contributed by atoms with Gasteiger partial charge >= 0.3 is 5.91 Å². The molecule has 0 atom stereocenters. The van der Waals surface area contributed by atoms with Crippen molar-refractivity contribution in [2.75, 3.05) is 4.90 Å². The third-order valence-corrected chi connectivity index (χ3v) is 6.83. The molecule has 0 fully saturated rings. The Hall–Kier alpha value is -4.52. The normalized spacial score (nSPS) is 13.7. The Kier molecular flexibility index (Phi) is 6.21. The Morgan fingerprint density at radius 3 is 2.30 bits per heavy atom. The van der Waals surface area contributed by atoms with Crippen LogP contribution < -0.4 is 15.0 Å². The second-order valence-corrected chi connectivity index (χ2v) is 9.37. The summed E-state index contributed by atoms with van der Waals surface area (Å²) in [5.41, 5.74) is 4.91. The molecule has 7 heteroatoms. The Labute approximate surface area is 215 Å². The van der Waals surface area contributed by atoms with Gasteiger partial charge in [0.1, 0.15) is 5.57 Å². The highest BCUT2D eigenvalue weighted by Crippen LogP contribution is 2.34. The fraction of sp³-hybridized carbons (Fsp3) is 0.200. The molecular formula is C30H29N4O3+. The van der Waals surface area contributed by atoms with Crippen LogP contribution in [0.25, 0.3) is 17.0 Å². The molecule has 5 rings (SSSR count). The molecule has 4 aromatic rings. The fourth-order valence-corrected chi connectivity index (χ4v) is 4.85. The molecule has 2 amide bonds. The van der Waals surface area contributed by atoms with Crippen LogP contribution in [0.5, 0.6) is 0 Å². The van der Waals surface area contributed by atoms with Crippen molar-refractivity contribution in [3.63, 3.8) is 0 Å². The maximum atomic E-state index is 14.1. The first kappa shape index (κ1) is 24.2. The van der Waals surface area contributed by atoms with Crippen molar-refractivity contribution in [2.45, 2.75) is 40.5 Å². The van der Waals surface area contributed by atoms with Gasteiger partial charge in [0, 0.05) is 17.8 Å². The number of carbonyl (C=O) groups excluding carboxylic acids is 2. The molecule has 186 valence electrons. The highest BCUT2D eigenvalue weighted by atomic mass is 16.2. The molecule has 1 aliphatic rings. The van der Waals surface area contributed by atoms with Crippen molar-refractivity contribution in [3.8, 4) is 5.69 Å². The van der Waals surface area contributed by atoms with Crippen LogP contribution in [0.3, 0.4) is 0 Å². The first-order chi connectivity index (χ1) is 17.8. The predicted molar refractivity (Wildman–Crippen MR) is 143 cm³/mol. The Morgan fingerprint density at radius 1 is 0.865 bits per heavy atom. The molecule has 37 heavy (non-hydrogen) atoms. The Balaban J connectivity index is 1.80. The summed E-state index contributed by atoms with van der Waals surface area (Å²) >= 11 is 0. The van der Waals surface area contributed by atoms with Gasteiger partial charge in [-0.05, 0) is 62.1 Å². The molecule has 2 aromatic carbocycles. The molecule has 0 saturated heterocycles. The number of imide groups is 1. The second-order valence-electron chi connectivity index (χ2n) is 9.37. The number of hydrogen-bond acceptors (Lipinski definition) is 3. The number of rotatable bonds is 6. The van der Waals surface area contributed by atoms with Crippen LogP contribution in [-0.4, -0.2) is 21.6 Å². The highest BCUT2D eigenvalue weighted by Gasteiger charge is 2.48. The van der Waals surface area contributed by atoms with Gasteiger partial charge in [-0.3, -0.25) is 19.5 Å². The lowest BCUT2D eigenvalue weighted by molar-refractivity contribution is -0.576. The quantitative estimate of drug-likeness (QED) is 0.322. The van der Waals surface area contributed by atoms with Gasteiger partial charge in [-0.2, -0.15) is 4.57 Å². The average molecular weight is 494 g/mol. The number of hydrogen-bond donors (Lipinski definition) is 1. The zero-order valence-corrected chi connectivity index (χ0v) is 21.4. The lowest BCUT2D eigenvalue weighted by Crippen LogP contribution is -2.39. The summed E-state index contributed by atoms with van der Waals surface area (Å²) in [5, 5.41) is 3.26. The SMILES string of the molecule is CCCc1[nH]n(-c2cccc(C)c2C)c(=O)c1C1=C([n+]2ccccc2)C(=O)N(c2cccc(C)c2)C1=O. The summed E-state index contributed by atoms with van der Waals surface area (Å²) in [5.74, 6) is -0.980. The third-order valence-electron chi connectivity index (χ3n) is 6.83. The van der Waals surface area contributed by atoms with E-state index in [1.807, 2.05) is 64.1 Å². The minimum Gasteiger partial charge on any atom is -0.294 e. The van der Waals surface area contributed by atoms with Gasteiger partial charge < -0.3 is 0 Å². The number of aryl methyl sites for hydroxylation is 3. The van der Waals surface area contributed by atoms with E-state index in [9.17, 15) is 14.4 Å². The van der Waals surface area contributed by atoms with E-state index in [1.54, 1.807) is 41.2 Å². The van der Waals surface area contributed by atoms with Gasteiger partial charge in [0.2, 0.25) is 0 Å². The van der Waals surface area contributed by atoms with Crippen molar-refractivity contribution < 1.29 is 14.2 Å². The molecular weight excluding hydrogens is 464 g/mol. The maximum Gasteiger partial charge on any atom is 0.331 e. The van der Waals surface area contributed by atoms with Crippen LogP contribution in [0, 0.1) is 20.8 Å². The Morgan fingerprint density at radius 2 is 1.59 bits per heavy atom. The van der Waals surface area contributed by atoms with Gasteiger partial charge in [-0.15, -0.1) is 0 Å². The van der Waals surface area contributed by atoms with Crippen molar-refractivity contribution in [2.24, 2.45) is 0 Å². The van der Waals surface area contributed by atoms with Crippen LogP contribution in [0.1, 0.15) is 41.3 Å². The van der Waals surface area contributed by atoms with Gasteiger partial charge in [-0.25, -0.2) is 9.58 Å². The predicted octanol–water partition coefficient (Wildman–Crippen LogP) is 4.27. The summed E-state index contributed by atoms with van der Waals surface area (Å²) < 4.78 is 3.12. The smallest absolute Gasteiger partial charge is 0.294 e. The first-order valence-corrected chi connectivity index (χ1v) is 12.4. The van der Waals surface area contributed by atoms with Crippen molar-refractivity contribution in [3.05, 3.63) is 111 Å². The van der Waals surface area contributed by atoms with E-state index in [0.29, 0.717) is 17.8 Å². The molecule has 2 aromatic heterocycles. The molecule has 3 heterocycles. The zero-order valence-electron chi connectivity index (χ0n) is 21.4. The molecule has 0 spiro atoms. The minimum absolute atomic E-state index is 0.108. The standard InChI is InChI=1S/C30H28N4O3/c1-5-11-23-25(29(36)34(31-23)24-15-10-13-20(3)21(24)4)26-27(32-16-7-6-8-17-32)30(37)33(28(26)35)22-14-9-12-19(2)18-22/h6-10,12-18H,5,11H2,1-4H3/p+1. The number of carbonyl (C=O) groups is 2. The zero-order chi connectivity index (χ0) is 26.3. The number of nitrogens with zero attached hydrogens (tertiary/aromatic N) is 3. The average Bonchev–Trinajstić information content (AvgIpc) is 3.33. The molecule has 0 unspecified atom stereocenters. The molecule has 7 nitrogen and oxygen atoms in total. The maximum absolute atomic E-state index is 14.1. The van der Waals surface area contributed by atoms with E-state index in [0.717, 1.165) is 28.8 Å². The molecule has 0 bridgehead atoms. The Bertz CT molecular complexity index is 1630. The van der Waals surface area contributed by atoms with E-state index < -0.39 is 11.8 Å². The van der Waals surface area contributed by atoms with E-state index in [2.05, 4.69) is 5.10 Å². The molecule has 0 aliphatic carbocycles. The van der Waals surface area contributed by atoms with E-state index in [1.165, 1.54) is 9.58 Å². The van der Waals surface area contributed by atoms with Gasteiger partial charge in [-0.1, -0.05) is 43.7 Å². The molecule has 0 saturated carbocycles. The number of aromatic nitrogens is 3. The minimum atomic E-state index is -0.511. The summed E-state index contributed by atoms with van der Waals surface area (Å²) in [4.78, 5) is 43.2. The lowest BCUT2D eigenvalue weighted by Gasteiger charge is -2.14. The van der Waals surface area contributed by atoms with E-state index in [-0.39, 0.29) is 22.4 Å². The largest absolute Gasteiger partial charge is 0.331 e. The molecule has 1 aliphatic heterocycles. The second kappa shape index (κ2) is 9.50. The number of anilines is 1. The van der Waals surface area contributed by atoms with Crippen molar-refractivity contribution in [1.29, 1.82) is 0 Å². The monoisotopic (exact) mass is 493 g/mol. The number of pyridine rings is 1. The van der Waals surface area contributed by atoms with Crippen molar-refractivity contribution in [1.82, 2.24) is 9.78 Å². The van der Waals surface area contributed by atoms with E-state index >= 15 is 0 Å². The highest BCUT2D eigenvalue weighted by molar-refractivity contribution is 6.53. The van der Waals surface area contributed by atoms with Gasteiger partial charge in [0.15, 0.2) is 12.4 Å². The third kappa shape index (κ3) is 4.02. The number of aromatic amines is 1. The summed E-state index contributed by atoms with van der Waals surface area (Å²) in [6.45, 7) is 7.88. The van der Waals surface area contributed by atoms with Gasteiger partial charge in [0.25, 0.3) is 17.2 Å². The number of nitrogens with one attached hydrogen (secondary N) is 1. The molecule has 1 N–H and O–H groups in total.